The first kappa shape index (κ1) is 9.30. The Labute approximate surface area is 81.8 Å². The molecule has 0 fully saturated rings. The second kappa shape index (κ2) is 3.74. The van der Waals surface area contributed by atoms with E-state index in [1.807, 2.05) is 24.3 Å². The molecule has 2 aromatic rings. The largest absolute Gasteiger partial charge is 0.256 e. The normalized spacial score (nSPS) is 9.42. The third-order valence-electron chi connectivity index (χ3n) is 1.60. The second-order valence-corrected chi connectivity index (χ2v) is 2.72. The maximum Gasteiger partial charge on any atom is 0.0716 e. The highest BCUT2D eigenvalue weighted by Gasteiger charge is 1.95. The van der Waals surface area contributed by atoms with E-state index in [0.717, 1.165) is 15.9 Å². The summed E-state index contributed by atoms with van der Waals surface area (Å²) in [5, 5.41) is 1.77. The number of hydrogen-bond acceptors (Lipinski definition) is 1. The molecule has 1 aromatic heterocycles. The molecule has 0 bridgehead atoms. The van der Waals surface area contributed by atoms with Gasteiger partial charge in [-0.05, 0) is 12.1 Å². The van der Waals surface area contributed by atoms with Crippen LogP contribution in [0.4, 0.5) is 0 Å². The van der Waals surface area contributed by atoms with Gasteiger partial charge in [0.25, 0.3) is 0 Å². The van der Waals surface area contributed by atoms with E-state index in [1.54, 1.807) is 12.3 Å². The monoisotopic (exact) mass is 199 g/mol. The Kier molecular flexibility index (Phi) is 2.90. The number of fused-ring (bicyclic) bond motifs is 1. The number of aromatic nitrogens is 1. The Morgan fingerprint density at radius 3 is 2.58 bits per heavy atom. The van der Waals surface area contributed by atoms with E-state index in [0.29, 0.717) is 0 Å². The number of halogens is 2. The number of nitrogens with zero attached hydrogens (tertiary/aromatic N) is 1. The average molecular weight is 200 g/mol. The maximum atomic E-state index is 5.92. The van der Waals surface area contributed by atoms with Gasteiger partial charge >= 0.3 is 0 Å². The average Bonchev–Trinajstić information content (AvgIpc) is 2.06. The fourth-order valence-corrected chi connectivity index (χ4v) is 1.28. The summed E-state index contributed by atoms with van der Waals surface area (Å²) < 4.78 is 0. The first-order valence-corrected chi connectivity index (χ1v) is 3.75. The van der Waals surface area contributed by atoms with Crippen molar-refractivity contribution in [2.24, 2.45) is 0 Å². The molecule has 0 aliphatic heterocycles. The molecule has 3 heteroatoms. The van der Waals surface area contributed by atoms with Gasteiger partial charge in [0.15, 0.2) is 0 Å². The van der Waals surface area contributed by atoms with Gasteiger partial charge < -0.3 is 0 Å². The highest BCUT2D eigenvalue weighted by atomic mass is 35.5. The van der Waals surface area contributed by atoms with Crippen molar-refractivity contribution in [1.29, 1.82) is 0 Å². The minimum absolute atomic E-state index is 0. The molecule has 1 heterocycles. The summed E-state index contributed by atoms with van der Waals surface area (Å²) in [5.41, 5.74) is 0.944. The predicted molar refractivity (Wildman–Crippen MR) is 54.0 cm³/mol. The number of para-hydroxylation sites is 1. The van der Waals surface area contributed by atoms with Crippen molar-refractivity contribution in [3.8, 4) is 0 Å². The van der Waals surface area contributed by atoms with E-state index in [-0.39, 0.29) is 12.4 Å². The van der Waals surface area contributed by atoms with Gasteiger partial charge in [-0.3, -0.25) is 4.98 Å². The highest BCUT2D eigenvalue weighted by Crippen LogP contribution is 2.19. The van der Waals surface area contributed by atoms with Crippen LogP contribution in [0.1, 0.15) is 0 Å². The van der Waals surface area contributed by atoms with Crippen LogP contribution in [0.2, 0.25) is 5.02 Å². The molecule has 0 saturated heterocycles. The zero-order valence-electron chi connectivity index (χ0n) is 6.20. The van der Waals surface area contributed by atoms with E-state index in [4.69, 9.17) is 11.6 Å². The van der Waals surface area contributed by atoms with E-state index < -0.39 is 0 Å². The van der Waals surface area contributed by atoms with Crippen LogP contribution >= 0.6 is 24.0 Å². The molecular formula is C9H7Cl2N. The van der Waals surface area contributed by atoms with E-state index in [1.165, 1.54) is 0 Å². The van der Waals surface area contributed by atoms with Gasteiger partial charge in [-0.2, -0.15) is 0 Å². The molecule has 0 aliphatic carbocycles. The van der Waals surface area contributed by atoms with Gasteiger partial charge in [-0.25, -0.2) is 0 Å². The van der Waals surface area contributed by atoms with Crippen molar-refractivity contribution >= 4 is 34.9 Å². The number of hydrogen-bond donors (Lipinski definition) is 0. The van der Waals surface area contributed by atoms with Crippen molar-refractivity contribution in [2.45, 2.75) is 0 Å². The number of benzene rings is 1. The molecule has 2 rings (SSSR count). The van der Waals surface area contributed by atoms with Gasteiger partial charge in [0.05, 0.1) is 10.5 Å². The van der Waals surface area contributed by atoms with Gasteiger partial charge in [-0.1, -0.05) is 29.8 Å². The summed E-state index contributed by atoms with van der Waals surface area (Å²) in [6.45, 7) is 0. The Bertz CT molecular complexity index is 382. The van der Waals surface area contributed by atoms with E-state index >= 15 is 0 Å². The fourth-order valence-electron chi connectivity index (χ4n) is 1.06. The predicted octanol–water partition coefficient (Wildman–Crippen LogP) is 3.31. The Morgan fingerprint density at radius 1 is 1.08 bits per heavy atom. The molecule has 0 aliphatic rings. The smallest absolute Gasteiger partial charge is 0.0716 e. The van der Waals surface area contributed by atoms with Crippen LogP contribution in [-0.2, 0) is 0 Å². The standard InChI is InChI=1S/C9H6ClN.ClH/c10-8-5-6-11-9-4-2-1-3-7(8)9;/h1-6H;1H. The molecule has 1 aromatic carbocycles. The van der Waals surface area contributed by atoms with Crippen molar-refractivity contribution in [3.05, 3.63) is 41.6 Å². The molecule has 0 saturated carbocycles. The van der Waals surface area contributed by atoms with E-state index in [9.17, 15) is 0 Å². The summed E-state index contributed by atoms with van der Waals surface area (Å²) in [7, 11) is 0. The summed E-state index contributed by atoms with van der Waals surface area (Å²) in [6, 6.07) is 9.61. The van der Waals surface area contributed by atoms with Crippen molar-refractivity contribution in [2.75, 3.05) is 0 Å². The molecule has 0 amide bonds. The van der Waals surface area contributed by atoms with Crippen LogP contribution in [0.5, 0.6) is 0 Å². The highest BCUT2D eigenvalue weighted by molar-refractivity contribution is 6.35. The molecular weight excluding hydrogens is 193 g/mol. The summed E-state index contributed by atoms with van der Waals surface area (Å²) >= 11 is 5.92. The number of rotatable bonds is 0. The molecule has 1 nitrogen and oxygen atoms in total. The lowest BCUT2D eigenvalue weighted by atomic mass is 10.2. The Balaban J connectivity index is 0.000000720. The third kappa shape index (κ3) is 1.52. The zero-order valence-corrected chi connectivity index (χ0v) is 7.77. The van der Waals surface area contributed by atoms with Gasteiger partial charge in [0.1, 0.15) is 0 Å². The molecule has 12 heavy (non-hydrogen) atoms. The van der Waals surface area contributed by atoms with Crippen LogP contribution in [0, 0.1) is 0 Å². The molecule has 0 unspecified atom stereocenters. The minimum atomic E-state index is 0. The maximum absolute atomic E-state index is 5.92. The van der Waals surface area contributed by atoms with Crippen molar-refractivity contribution in [3.63, 3.8) is 0 Å². The van der Waals surface area contributed by atoms with Crippen molar-refractivity contribution < 1.29 is 0 Å². The molecule has 62 valence electrons. The topological polar surface area (TPSA) is 12.9 Å². The molecule has 0 spiro atoms. The first-order chi connectivity index (χ1) is 5.38. The molecule has 0 radical (unpaired) electrons. The van der Waals surface area contributed by atoms with Gasteiger partial charge in [0, 0.05) is 11.6 Å². The third-order valence-corrected chi connectivity index (χ3v) is 1.93. The number of pyridine rings is 1. The summed E-state index contributed by atoms with van der Waals surface area (Å²) in [6.07, 6.45) is 1.71. The minimum Gasteiger partial charge on any atom is -0.256 e. The van der Waals surface area contributed by atoms with Gasteiger partial charge in [-0.15, -0.1) is 12.4 Å². The Morgan fingerprint density at radius 2 is 1.83 bits per heavy atom. The van der Waals surface area contributed by atoms with Crippen LogP contribution in [0.25, 0.3) is 10.9 Å². The van der Waals surface area contributed by atoms with Crippen molar-refractivity contribution in [1.82, 2.24) is 4.98 Å². The van der Waals surface area contributed by atoms with Crippen LogP contribution in [0.15, 0.2) is 36.5 Å². The van der Waals surface area contributed by atoms with Gasteiger partial charge in [0.2, 0.25) is 0 Å². The van der Waals surface area contributed by atoms with Crippen LogP contribution < -0.4 is 0 Å². The lowest BCUT2D eigenvalue weighted by molar-refractivity contribution is 1.41. The second-order valence-electron chi connectivity index (χ2n) is 2.31. The summed E-state index contributed by atoms with van der Waals surface area (Å²) in [5.74, 6) is 0. The lowest BCUT2D eigenvalue weighted by Gasteiger charge is -1.96. The Hall–Kier alpha value is -0.790. The molecule has 0 N–H and O–H groups in total. The quantitative estimate of drug-likeness (QED) is 0.635. The summed E-state index contributed by atoms with van der Waals surface area (Å²) in [4.78, 5) is 4.16. The molecule has 0 atom stereocenters. The zero-order chi connectivity index (χ0) is 7.68. The SMILES string of the molecule is Cl.Clc1ccnc2ccccc12. The van der Waals surface area contributed by atoms with Crippen LogP contribution in [-0.4, -0.2) is 4.98 Å². The first-order valence-electron chi connectivity index (χ1n) is 3.37. The van der Waals surface area contributed by atoms with E-state index in [2.05, 4.69) is 4.98 Å². The van der Waals surface area contributed by atoms with Crippen LogP contribution in [0.3, 0.4) is 0 Å². The fraction of sp³-hybridized carbons (Fsp3) is 0. The lowest BCUT2D eigenvalue weighted by Crippen LogP contribution is -1.76.